The lowest BCUT2D eigenvalue weighted by Gasteiger charge is -2.11. The molecule has 3 nitrogen and oxygen atoms in total. The molecule has 0 aliphatic rings. The van der Waals surface area contributed by atoms with Crippen LogP contribution in [0.15, 0.2) is 59.1 Å². The fraction of sp³-hybridized carbons (Fsp3) is 0.111. The van der Waals surface area contributed by atoms with Gasteiger partial charge in [-0.1, -0.05) is 42.0 Å². The van der Waals surface area contributed by atoms with E-state index in [1.807, 2.05) is 43.3 Å². The lowest BCUT2D eigenvalue weighted by atomic mass is 10.2. The summed E-state index contributed by atoms with van der Waals surface area (Å²) < 4.78 is 13.8. The predicted molar refractivity (Wildman–Crippen MR) is 90.7 cm³/mol. The highest BCUT2D eigenvalue weighted by Crippen LogP contribution is 2.27. The summed E-state index contributed by atoms with van der Waals surface area (Å²) in [7, 11) is 0. The monoisotopic (exact) mass is 323 g/mol. The Kier molecular flexibility index (Phi) is 5.80. The Hall–Kier alpha value is -2.76. The van der Waals surface area contributed by atoms with Crippen LogP contribution >= 0.6 is 11.8 Å². The second-order valence-electron chi connectivity index (χ2n) is 4.81. The molecule has 0 aromatic heterocycles. The summed E-state index contributed by atoms with van der Waals surface area (Å²) in [5.41, 5.74) is 2.39. The number of para-hydroxylation sites is 1. The van der Waals surface area contributed by atoms with Crippen molar-refractivity contribution in [2.24, 2.45) is 0 Å². The van der Waals surface area contributed by atoms with E-state index >= 15 is 0 Å². The van der Waals surface area contributed by atoms with Crippen LogP contribution in [0.3, 0.4) is 0 Å². The van der Waals surface area contributed by atoms with Crippen LogP contribution < -0.4 is 5.32 Å². The number of aryl methyl sites for hydroxylation is 1. The van der Waals surface area contributed by atoms with Gasteiger partial charge in [-0.3, -0.25) is 0 Å². The maximum atomic E-state index is 13.8. The van der Waals surface area contributed by atoms with Crippen molar-refractivity contribution in [1.29, 1.82) is 10.5 Å². The van der Waals surface area contributed by atoms with Gasteiger partial charge in [0.05, 0.1) is 5.69 Å². The zero-order valence-corrected chi connectivity index (χ0v) is 13.3. The number of anilines is 1. The molecule has 23 heavy (non-hydrogen) atoms. The van der Waals surface area contributed by atoms with Crippen molar-refractivity contribution in [3.8, 4) is 12.1 Å². The predicted octanol–water partition coefficient (Wildman–Crippen LogP) is 4.74. The maximum absolute atomic E-state index is 13.8. The van der Waals surface area contributed by atoms with Gasteiger partial charge in [0.25, 0.3) is 0 Å². The molecule has 1 N–H and O–H groups in total. The molecule has 0 aliphatic carbocycles. The van der Waals surface area contributed by atoms with Crippen molar-refractivity contribution in [2.75, 3.05) is 5.32 Å². The van der Waals surface area contributed by atoms with Gasteiger partial charge in [0.2, 0.25) is 0 Å². The van der Waals surface area contributed by atoms with E-state index in [9.17, 15) is 4.39 Å². The number of nitriles is 2. The van der Waals surface area contributed by atoms with Crippen molar-refractivity contribution in [3.63, 3.8) is 0 Å². The molecule has 0 aliphatic heterocycles. The molecule has 0 unspecified atom stereocenters. The van der Waals surface area contributed by atoms with Gasteiger partial charge in [0.15, 0.2) is 5.57 Å². The molecular formula is C18H14FN3S. The molecule has 5 heteroatoms. The summed E-state index contributed by atoms with van der Waals surface area (Å²) in [5.74, 6) is 0.139. The zero-order valence-electron chi connectivity index (χ0n) is 12.5. The average Bonchev–Trinajstić information content (AvgIpc) is 2.57. The quantitative estimate of drug-likeness (QED) is 0.808. The number of nitrogens with zero attached hydrogens (tertiary/aromatic N) is 2. The number of halogens is 1. The van der Waals surface area contributed by atoms with Crippen molar-refractivity contribution < 1.29 is 4.39 Å². The summed E-state index contributed by atoms with van der Waals surface area (Å²) in [5, 5.41) is 21.4. The molecule has 0 fully saturated rings. The molecule has 0 saturated heterocycles. The SMILES string of the molecule is Cc1ccc(CSC(Nc2ccccc2F)=C(C#N)C#N)cc1. The molecule has 0 saturated carbocycles. The first kappa shape index (κ1) is 16.6. The van der Waals surface area contributed by atoms with Gasteiger partial charge in [0.1, 0.15) is 23.0 Å². The van der Waals surface area contributed by atoms with E-state index in [4.69, 9.17) is 10.5 Å². The Labute approximate surface area is 139 Å². The Balaban J connectivity index is 2.21. The Morgan fingerprint density at radius 1 is 1.09 bits per heavy atom. The summed E-state index contributed by atoms with van der Waals surface area (Å²) >= 11 is 1.30. The van der Waals surface area contributed by atoms with Gasteiger partial charge in [-0.2, -0.15) is 10.5 Å². The molecule has 0 bridgehead atoms. The van der Waals surface area contributed by atoms with Gasteiger partial charge in [-0.05, 0) is 24.6 Å². The minimum atomic E-state index is -0.434. The molecule has 0 spiro atoms. The van der Waals surface area contributed by atoms with E-state index < -0.39 is 5.82 Å². The molecule has 2 rings (SSSR count). The Morgan fingerprint density at radius 2 is 1.74 bits per heavy atom. The molecular weight excluding hydrogens is 309 g/mol. The lowest BCUT2D eigenvalue weighted by Crippen LogP contribution is -2.02. The first-order valence-corrected chi connectivity index (χ1v) is 7.87. The zero-order chi connectivity index (χ0) is 16.7. The van der Waals surface area contributed by atoms with E-state index in [2.05, 4.69) is 5.32 Å². The van der Waals surface area contributed by atoms with Crippen molar-refractivity contribution in [3.05, 3.63) is 76.1 Å². The van der Waals surface area contributed by atoms with Crippen LogP contribution in [0.2, 0.25) is 0 Å². The topological polar surface area (TPSA) is 59.6 Å². The highest BCUT2D eigenvalue weighted by Gasteiger charge is 2.10. The number of rotatable bonds is 5. The molecule has 2 aromatic rings. The van der Waals surface area contributed by atoms with Crippen LogP contribution in [0, 0.1) is 35.4 Å². The van der Waals surface area contributed by atoms with Crippen LogP contribution in [-0.4, -0.2) is 0 Å². The van der Waals surface area contributed by atoms with Gasteiger partial charge in [0, 0.05) is 5.75 Å². The van der Waals surface area contributed by atoms with E-state index in [1.54, 1.807) is 18.2 Å². The number of hydrogen-bond acceptors (Lipinski definition) is 4. The molecule has 0 heterocycles. The van der Waals surface area contributed by atoms with E-state index in [0.717, 1.165) is 11.1 Å². The third kappa shape index (κ3) is 4.60. The van der Waals surface area contributed by atoms with Crippen LogP contribution in [0.5, 0.6) is 0 Å². The maximum Gasteiger partial charge on any atom is 0.159 e. The third-order valence-corrected chi connectivity index (χ3v) is 4.15. The fourth-order valence-corrected chi connectivity index (χ4v) is 2.74. The van der Waals surface area contributed by atoms with E-state index in [0.29, 0.717) is 10.8 Å². The third-order valence-electron chi connectivity index (χ3n) is 3.08. The first-order valence-electron chi connectivity index (χ1n) is 6.88. The van der Waals surface area contributed by atoms with Gasteiger partial charge >= 0.3 is 0 Å². The largest absolute Gasteiger partial charge is 0.346 e. The minimum Gasteiger partial charge on any atom is -0.346 e. The normalized spacial score (nSPS) is 9.57. The lowest BCUT2D eigenvalue weighted by molar-refractivity contribution is 0.631. The number of thioether (sulfide) groups is 1. The van der Waals surface area contributed by atoms with Gasteiger partial charge < -0.3 is 5.32 Å². The van der Waals surface area contributed by atoms with Crippen molar-refractivity contribution >= 4 is 17.4 Å². The van der Waals surface area contributed by atoms with Gasteiger partial charge in [-0.25, -0.2) is 4.39 Å². The van der Waals surface area contributed by atoms with E-state index in [1.165, 1.54) is 17.8 Å². The average molecular weight is 323 g/mol. The van der Waals surface area contributed by atoms with Crippen LogP contribution in [0.4, 0.5) is 10.1 Å². The number of nitrogens with one attached hydrogen (secondary N) is 1. The summed E-state index contributed by atoms with van der Waals surface area (Å²) in [6.07, 6.45) is 0. The Morgan fingerprint density at radius 3 is 2.35 bits per heavy atom. The van der Waals surface area contributed by atoms with Crippen LogP contribution in [0.1, 0.15) is 11.1 Å². The smallest absolute Gasteiger partial charge is 0.159 e. The Bertz CT molecular complexity index is 782. The van der Waals surface area contributed by atoms with E-state index in [-0.39, 0.29) is 11.3 Å². The summed E-state index contributed by atoms with van der Waals surface area (Å²) in [6, 6.07) is 17.8. The number of benzene rings is 2. The summed E-state index contributed by atoms with van der Waals surface area (Å²) in [6.45, 7) is 2.01. The standard InChI is InChI=1S/C18H14FN3S/c1-13-6-8-14(9-7-13)12-23-18(15(10-20)11-21)22-17-5-3-2-4-16(17)19/h2-9,22H,12H2,1H3. The summed E-state index contributed by atoms with van der Waals surface area (Å²) in [4.78, 5) is 0. The second-order valence-corrected chi connectivity index (χ2v) is 5.79. The highest BCUT2D eigenvalue weighted by atomic mass is 32.2. The molecule has 0 amide bonds. The van der Waals surface area contributed by atoms with Crippen LogP contribution in [-0.2, 0) is 5.75 Å². The van der Waals surface area contributed by atoms with Gasteiger partial charge in [-0.15, -0.1) is 11.8 Å². The van der Waals surface area contributed by atoms with Crippen molar-refractivity contribution in [2.45, 2.75) is 12.7 Å². The van der Waals surface area contributed by atoms with Crippen LogP contribution in [0.25, 0.3) is 0 Å². The van der Waals surface area contributed by atoms with Crippen molar-refractivity contribution in [1.82, 2.24) is 0 Å². The fourth-order valence-electron chi connectivity index (χ4n) is 1.82. The second kappa shape index (κ2) is 8.03. The molecule has 114 valence electrons. The highest BCUT2D eigenvalue weighted by molar-refractivity contribution is 8.02. The molecule has 0 radical (unpaired) electrons. The molecule has 0 atom stereocenters. The number of hydrogen-bond donors (Lipinski definition) is 1. The first-order chi connectivity index (χ1) is 11.1. The minimum absolute atomic E-state index is 0.0645. The number of allylic oxidation sites excluding steroid dienone is 1. The molecule has 2 aromatic carbocycles.